The molecule has 1 saturated heterocycles. The number of amides is 2. The normalized spacial score (nSPS) is 14.6. The van der Waals surface area contributed by atoms with Gasteiger partial charge in [0, 0.05) is 37.1 Å². The number of para-hydroxylation sites is 1. The lowest BCUT2D eigenvalue weighted by Gasteiger charge is -2.34. The zero-order valence-electron chi connectivity index (χ0n) is 15.0. The van der Waals surface area contributed by atoms with Crippen molar-refractivity contribution in [1.29, 1.82) is 0 Å². The van der Waals surface area contributed by atoms with Crippen LogP contribution in [-0.4, -0.2) is 68.0 Å². The molecule has 0 atom stereocenters. The maximum Gasteiger partial charge on any atom is 0.256 e. The van der Waals surface area contributed by atoms with Crippen molar-refractivity contribution in [3.8, 4) is 5.69 Å². The van der Waals surface area contributed by atoms with Crippen LogP contribution in [0.4, 0.5) is 0 Å². The number of tetrazole rings is 1. The van der Waals surface area contributed by atoms with Crippen molar-refractivity contribution in [2.75, 3.05) is 26.2 Å². The van der Waals surface area contributed by atoms with E-state index in [-0.39, 0.29) is 11.8 Å². The van der Waals surface area contributed by atoms with E-state index >= 15 is 0 Å². The van der Waals surface area contributed by atoms with Crippen molar-refractivity contribution in [2.45, 2.75) is 0 Å². The molecule has 2 aromatic heterocycles. The molecule has 0 bridgehead atoms. The number of nitrogens with zero attached hydrogens (tertiary/aromatic N) is 6. The van der Waals surface area contributed by atoms with Crippen LogP contribution in [0.5, 0.6) is 0 Å². The molecule has 1 aromatic carbocycles. The summed E-state index contributed by atoms with van der Waals surface area (Å²) in [5.74, 6) is -0.123. The minimum Gasteiger partial charge on any atom is -0.336 e. The van der Waals surface area contributed by atoms with Gasteiger partial charge in [-0.15, -0.1) is 16.4 Å². The average Bonchev–Trinajstić information content (AvgIpc) is 3.46. The third kappa shape index (κ3) is 3.84. The summed E-state index contributed by atoms with van der Waals surface area (Å²) < 4.78 is 1.47. The Kier molecular flexibility index (Phi) is 5.24. The van der Waals surface area contributed by atoms with E-state index in [1.54, 1.807) is 39.3 Å². The molecule has 0 spiro atoms. The van der Waals surface area contributed by atoms with Crippen LogP contribution in [0.25, 0.3) is 11.8 Å². The van der Waals surface area contributed by atoms with Crippen molar-refractivity contribution < 1.29 is 9.59 Å². The summed E-state index contributed by atoms with van der Waals surface area (Å²) in [6.45, 7) is 1.99. The summed E-state index contributed by atoms with van der Waals surface area (Å²) in [7, 11) is 0. The van der Waals surface area contributed by atoms with Crippen molar-refractivity contribution >= 4 is 29.2 Å². The quantitative estimate of drug-likeness (QED) is 0.629. The Morgan fingerprint density at radius 3 is 2.50 bits per heavy atom. The Labute approximate surface area is 165 Å². The number of hydrogen-bond acceptors (Lipinski definition) is 6. The standard InChI is InChI=1S/C19H18N6O2S/c26-18(8-7-15-4-3-13-28-15)23-9-11-24(12-10-23)19(27)16-5-1-2-6-17(16)25-14-20-21-22-25/h1-8,13-14H,9-12H2. The fourth-order valence-electron chi connectivity index (χ4n) is 3.07. The van der Waals surface area contributed by atoms with Gasteiger partial charge in [0.2, 0.25) is 5.91 Å². The highest BCUT2D eigenvalue weighted by atomic mass is 32.1. The van der Waals surface area contributed by atoms with Gasteiger partial charge in [0.25, 0.3) is 5.91 Å². The monoisotopic (exact) mass is 394 g/mol. The Morgan fingerprint density at radius 2 is 1.79 bits per heavy atom. The maximum absolute atomic E-state index is 13.0. The van der Waals surface area contributed by atoms with Gasteiger partial charge in [-0.05, 0) is 40.1 Å². The van der Waals surface area contributed by atoms with Crippen LogP contribution < -0.4 is 0 Å². The Bertz CT molecular complexity index is 976. The van der Waals surface area contributed by atoms with Crippen LogP contribution >= 0.6 is 11.3 Å². The highest BCUT2D eigenvalue weighted by Gasteiger charge is 2.25. The summed E-state index contributed by atoms with van der Waals surface area (Å²) in [4.78, 5) is 29.9. The second-order valence-electron chi connectivity index (χ2n) is 6.24. The summed E-state index contributed by atoms with van der Waals surface area (Å²) in [6, 6.07) is 11.1. The number of thiophene rings is 1. The Balaban J connectivity index is 1.40. The molecule has 3 heterocycles. The highest BCUT2D eigenvalue weighted by molar-refractivity contribution is 7.10. The molecule has 3 aromatic rings. The molecular formula is C19H18N6O2S. The van der Waals surface area contributed by atoms with Gasteiger partial charge < -0.3 is 9.80 Å². The third-order valence-electron chi connectivity index (χ3n) is 4.54. The average molecular weight is 394 g/mol. The first-order chi connectivity index (χ1) is 13.7. The van der Waals surface area contributed by atoms with Gasteiger partial charge in [0.05, 0.1) is 11.3 Å². The number of benzene rings is 1. The molecule has 142 valence electrons. The van der Waals surface area contributed by atoms with Gasteiger partial charge in [-0.1, -0.05) is 18.2 Å². The number of carbonyl (C=O) groups is 2. The minimum atomic E-state index is -0.0904. The van der Waals surface area contributed by atoms with E-state index in [4.69, 9.17) is 0 Å². The van der Waals surface area contributed by atoms with Gasteiger partial charge in [-0.2, -0.15) is 4.68 Å². The lowest BCUT2D eigenvalue weighted by atomic mass is 10.1. The van der Waals surface area contributed by atoms with Crippen molar-refractivity contribution in [1.82, 2.24) is 30.0 Å². The molecule has 4 rings (SSSR count). The van der Waals surface area contributed by atoms with Gasteiger partial charge in [0.15, 0.2) is 0 Å². The van der Waals surface area contributed by atoms with Crippen LogP contribution in [0, 0.1) is 0 Å². The lowest BCUT2D eigenvalue weighted by molar-refractivity contribution is -0.127. The smallest absolute Gasteiger partial charge is 0.256 e. The van der Waals surface area contributed by atoms with Crippen LogP contribution in [0.15, 0.2) is 54.2 Å². The maximum atomic E-state index is 13.0. The molecular weight excluding hydrogens is 376 g/mol. The van der Waals surface area contributed by atoms with Gasteiger partial charge >= 0.3 is 0 Å². The third-order valence-corrected chi connectivity index (χ3v) is 5.38. The number of hydrogen-bond donors (Lipinski definition) is 0. The summed E-state index contributed by atoms with van der Waals surface area (Å²) in [6.07, 6.45) is 4.88. The van der Waals surface area contributed by atoms with Crippen molar-refractivity contribution in [3.63, 3.8) is 0 Å². The number of aromatic nitrogens is 4. The van der Waals surface area contributed by atoms with E-state index in [0.29, 0.717) is 37.4 Å². The fourth-order valence-corrected chi connectivity index (χ4v) is 3.69. The van der Waals surface area contributed by atoms with Crippen LogP contribution in [0.1, 0.15) is 15.2 Å². The zero-order chi connectivity index (χ0) is 19.3. The van der Waals surface area contributed by atoms with Gasteiger partial charge in [-0.3, -0.25) is 9.59 Å². The van der Waals surface area contributed by atoms with Crippen LogP contribution in [-0.2, 0) is 4.79 Å². The second kappa shape index (κ2) is 8.13. The van der Waals surface area contributed by atoms with Crippen molar-refractivity contribution in [3.05, 3.63) is 64.6 Å². The van der Waals surface area contributed by atoms with Crippen molar-refractivity contribution in [2.24, 2.45) is 0 Å². The second-order valence-corrected chi connectivity index (χ2v) is 7.22. The molecule has 0 unspecified atom stereocenters. The SMILES string of the molecule is O=C(C=Cc1cccs1)N1CCN(C(=O)c2ccccc2-n2cnnn2)CC1. The molecule has 9 heteroatoms. The molecule has 8 nitrogen and oxygen atoms in total. The van der Waals surface area contributed by atoms with E-state index in [1.165, 1.54) is 11.0 Å². The van der Waals surface area contributed by atoms with Crippen LogP contribution in [0.2, 0.25) is 0 Å². The molecule has 0 aliphatic carbocycles. The minimum absolute atomic E-state index is 0.0328. The highest BCUT2D eigenvalue weighted by Crippen LogP contribution is 2.17. The molecule has 0 radical (unpaired) electrons. The van der Waals surface area contributed by atoms with Crippen LogP contribution in [0.3, 0.4) is 0 Å². The predicted molar refractivity (Wildman–Crippen MR) is 105 cm³/mol. The molecule has 0 saturated carbocycles. The molecule has 1 aliphatic heterocycles. The molecule has 1 fully saturated rings. The lowest BCUT2D eigenvalue weighted by Crippen LogP contribution is -2.50. The van der Waals surface area contributed by atoms with E-state index in [9.17, 15) is 9.59 Å². The zero-order valence-corrected chi connectivity index (χ0v) is 15.8. The predicted octanol–water partition coefficient (Wildman–Crippen LogP) is 1.72. The first kappa shape index (κ1) is 18.1. The van der Waals surface area contributed by atoms with E-state index in [1.807, 2.05) is 35.7 Å². The summed E-state index contributed by atoms with van der Waals surface area (Å²) in [5.41, 5.74) is 1.17. The molecule has 2 amide bonds. The number of rotatable bonds is 4. The molecule has 0 N–H and O–H groups in total. The largest absolute Gasteiger partial charge is 0.336 e. The fraction of sp³-hybridized carbons (Fsp3) is 0.211. The van der Waals surface area contributed by atoms with Gasteiger partial charge in [0.1, 0.15) is 6.33 Å². The molecule has 1 aliphatic rings. The number of carbonyl (C=O) groups excluding carboxylic acids is 2. The molecule has 28 heavy (non-hydrogen) atoms. The Hall–Kier alpha value is -3.33. The van der Waals surface area contributed by atoms with E-state index < -0.39 is 0 Å². The topological polar surface area (TPSA) is 84.2 Å². The number of piperazine rings is 1. The van der Waals surface area contributed by atoms with E-state index in [0.717, 1.165) is 4.88 Å². The Morgan fingerprint density at radius 1 is 1.00 bits per heavy atom. The summed E-state index contributed by atoms with van der Waals surface area (Å²) >= 11 is 1.59. The van der Waals surface area contributed by atoms with Gasteiger partial charge in [-0.25, -0.2) is 0 Å². The summed E-state index contributed by atoms with van der Waals surface area (Å²) in [5, 5.41) is 13.1. The van der Waals surface area contributed by atoms with E-state index in [2.05, 4.69) is 15.5 Å². The first-order valence-electron chi connectivity index (χ1n) is 8.84. The first-order valence-corrected chi connectivity index (χ1v) is 9.72.